The fourth-order valence-corrected chi connectivity index (χ4v) is 2.26. The number of hydrogen-bond acceptors (Lipinski definition) is 3. The minimum atomic E-state index is -0.0947. The molecule has 0 radical (unpaired) electrons. The van der Waals surface area contributed by atoms with E-state index in [1.54, 1.807) is 22.7 Å². The molecule has 0 unspecified atom stereocenters. The van der Waals surface area contributed by atoms with Gasteiger partial charge in [-0.15, -0.1) is 0 Å². The predicted molar refractivity (Wildman–Crippen MR) is 89.3 cm³/mol. The molecule has 0 bridgehead atoms. The van der Waals surface area contributed by atoms with Crippen LogP contribution in [0.25, 0.3) is 5.69 Å². The van der Waals surface area contributed by atoms with Gasteiger partial charge in [-0.3, -0.25) is 4.79 Å². The van der Waals surface area contributed by atoms with E-state index in [-0.39, 0.29) is 5.91 Å². The molecule has 0 saturated heterocycles. The van der Waals surface area contributed by atoms with Gasteiger partial charge in [-0.25, -0.2) is 4.68 Å². The van der Waals surface area contributed by atoms with Gasteiger partial charge in [-0.2, -0.15) is 5.10 Å². The van der Waals surface area contributed by atoms with Gasteiger partial charge in [-0.1, -0.05) is 19.4 Å². The smallest absolute Gasteiger partial charge is 0.274 e. The average molecular weight is 300 g/mol. The van der Waals surface area contributed by atoms with E-state index in [1.165, 1.54) is 11.1 Å². The lowest BCUT2D eigenvalue weighted by molar-refractivity contribution is 0.0787. The maximum absolute atomic E-state index is 12.4. The Balaban J connectivity index is 2.27. The van der Waals surface area contributed by atoms with Crippen molar-refractivity contribution in [3.63, 3.8) is 0 Å². The molecule has 1 heterocycles. The Labute approximate surface area is 131 Å². The Morgan fingerprint density at radius 2 is 2.00 bits per heavy atom. The SMILES string of the molecule is CCCCN(C)C(=O)c1cc(N)n(-c2ccc(C)c(C)c2)n1. The zero-order valence-corrected chi connectivity index (χ0v) is 13.8. The third-order valence-electron chi connectivity index (χ3n) is 3.88. The number of nitrogens with zero attached hydrogens (tertiary/aromatic N) is 3. The Morgan fingerprint density at radius 3 is 2.64 bits per heavy atom. The van der Waals surface area contributed by atoms with Crippen LogP contribution in [0.3, 0.4) is 0 Å². The van der Waals surface area contributed by atoms with Crippen molar-refractivity contribution in [3.05, 3.63) is 41.1 Å². The Hall–Kier alpha value is -2.30. The zero-order valence-electron chi connectivity index (χ0n) is 13.8. The van der Waals surface area contributed by atoms with Gasteiger partial charge in [0.1, 0.15) is 5.82 Å². The molecule has 2 rings (SSSR count). The highest BCUT2D eigenvalue weighted by molar-refractivity contribution is 5.93. The van der Waals surface area contributed by atoms with Crippen molar-refractivity contribution in [2.75, 3.05) is 19.3 Å². The minimum absolute atomic E-state index is 0.0947. The summed E-state index contributed by atoms with van der Waals surface area (Å²) >= 11 is 0. The number of nitrogens with two attached hydrogens (primary N) is 1. The summed E-state index contributed by atoms with van der Waals surface area (Å²) in [5, 5.41) is 4.38. The topological polar surface area (TPSA) is 64.2 Å². The van der Waals surface area contributed by atoms with Gasteiger partial charge in [0.15, 0.2) is 5.69 Å². The second-order valence-electron chi connectivity index (χ2n) is 5.72. The van der Waals surface area contributed by atoms with Crippen LogP contribution in [0.1, 0.15) is 41.4 Å². The summed E-state index contributed by atoms with van der Waals surface area (Å²) in [5.74, 6) is 0.373. The lowest BCUT2D eigenvalue weighted by Gasteiger charge is -2.14. The molecule has 118 valence electrons. The molecule has 2 aromatic rings. The van der Waals surface area contributed by atoms with Crippen LogP contribution in [0.15, 0.2) is 24.3 Å². The quantitative estimate of drug-likeness (QED) is 0.923. The average Bonchev–Trinajstić information content (AvgIpc) is 2.88. The summed E-state index contributed by atoms with van der Waals surface area (Å²) in [4.78, 5) is 14.1. The lowest BCUT2D eigenvalue weighted by Crippen LogP contribution is -2.28. The molecule has 0 atom stereocenters. The van der Waals surface area contributed by atoms with E-state index in [1.807, 2.05) is 25.1 Å². The van der Waals surface area contributed by atoms with Crippen molar-refractivity contribution in [2.45, 2.75) is 33.6 Å². The van der Waals surface area contributed by atoms with Crippen molar-refractivity contribution in [2.24, 2.45) is 0 Å². The van der Waals surface area contributed by atoms with Gasteiger partial charge in [-0.05, 0) is 43.5 Å². The molecular weight excluding hydrogens is 276 g/mol. The number of unbranched alkanes of at least 4 members (excludes halogenated alkanes) is 1. The van der Waals surface area contributed by atoms with E-state index in [0.29, 0.717) is 11.5 Å². The number of nitrogen functional groups attached to an aromatic ring is 1. The van der Waals surface area contributed by atoms with Crippen LogP contribution in [0, 0.1) is 13.8 Å². The molecule has 1 aromatic heterocycles. The van der Waals surface area contributed by atoms with Crippen LogP contribution >= 0.6 is 0 Å². The highest BCUT2D eigenvalue weighted by atomic mass is 16.2. The molecule has 0 spiro atoms. The summed E-state index contributed by atoms with van der Waals surface area (Å²) in [6, 6.07) is 7.65. The van der Waals surface area contributed by atoms with Crippen molar-refractivity contribution in [3.8, 4) is 5.69 Å². The molecule has 2 N–H and O–H groups in total. The Bertz CT molecular complexity index is 675. The molecule has 22 heavy (non-hydrogen) atoms. The molecule has 1 amide bonds. The largest absolute Gasteiger partial charge is 0.384 e. The van der Waals surface area contributed by atoms with E-state index < -0.39 is 0 Å². The first kappa shape index (κ1) is 16.1. The first-order valence-corrected chi connectivity index (χ1v) is 7.62. The maximum atomic E-state index is 12.4. The van der Waals surface area contributed by atoms with E-state index in [0.717, 1.165) is 25.1 Å². The number of aryl methyl sites for hydroxylation is 2. The van der Waals surface area contributed by atoms with E-state index in [4.69, 9.17) is 5.73 Å². The molecule has 0 aliphatic heterocycles. The lowest BCUT2D eigenvalue weighted by atomic mass is 10.1. The first-order chi connectivity index (χ1) is 10.4. The van der Waals surface area contributed by atoms with Crippen molar-refractivity contribution >= 4 is 11.7 Å². The van der Waals surface area contributed by atoms with Gasteiger partial charge in [0, 0.05) is 19.7 Å². The van der Waals surface area contributed by atoms with Crippen LogP contribution in [0.2, 0.25) is 0 Å². The monoisotopic (exact) mass is 300 g/mol. The molecule has 0 saturated carbocycles. The highest BCUT2D eigenvalue weighted by Gasteiger charge is 2.17. The minimum Gasteiger partial charge on any atom is -0.384 e. The van der Waals surface area contributed by atoms with Gasteiger partial charge >= 0.3 is 0 Å². The van der Waals surface area contributed by atoms with Crippen molar-refractivity contribution < 1.29 is 4.79 Å². The third kappa shape index (κ3) is 3.30. The molecule has 5 heteroatoms. The van der Waals surface area contributed by atoms with Crippen molar-refractivity contribution in [1.29, 1.82) is 0 Å². The molecule has 5 nitrogen and oxygen atoms in total. The van der Waals surface area contributed by atoms with E-state index in [9.17, 15) is 4.79 Å². The summed E-state index contributed by atoms with van der Waals surface area (Å²) in [5.41, 5.74) is 9.66. The summed E-state index contributed by atoms with van der Waals surface area (Å²) in [6.07, 6.45) is 2.03. The Kier molecular flexibility index (Phi) is 4.85. The van der Waals surface area contributed by atoms with Gasteiger partial charge in [0.05, 0.1) is 5.69 Å². The predicted octanol–water partition coefficient (Wildman–Crippen LogP) is 2.94. The standard InChI is InChI=1S/C17H24N4O/c1-5-6-9-20(4)17(22)15-11-16(18)21(19-15)14-8-7-12(2)13(3)10-14/h7-8,10-11H,5-6,9,18H2,1-4H3. The molecule has 1 aromatic carbocycles. The third-order valence-corrected chi connectivity index (χ3v) is 3.88. The number of hydrogen-bond donors (Lipinski definition) is 1. The molecule has 0 aliphatic carbocycles. The van der Waals surface area contributed by atoms with Gasteiger partial charge in [0.25, 0.3) is 5.91 Å². The molecule has 0 aliphatic rings. The number of amides is 1. The second-order valence-corrected chi connectivity index (χ2v) is 5.72. The van der Waals surface area contributed by atoms with Crippen LogP contribution < -0.4 is 5.73 Å². The number of carbonyl (C=O) groups excluding carboxylic acids is 1. The second kappa shape index (κ2) is 6.64. The number of aromatic nitrogens is 2. The summed E-state index contributed by atoms with van der Waals surface area (Å²) < 4.78 is 1.62. The van der Waals surface area contributed by atoms with Gasteiger partial charge in [0.2, 0.25) is 0 Å². The normalized spacial score (nSPS) is 10.7. The maximum Gasteiger partial charge on any atom is 0.274 e. The zero-order chi connectivity index (χ0) is 16.3. The van der Waals surface area contributed by atoms with E-state index in [2.05, 4.69) is 18.9 Å². The van der Waals surface area contributed by atoms with E-state index >= 15 is 0 Å². The number of benzene rings is 1. The number of rotatable bonds is 5. The molecular formula is C17H24N4O. The number of carbonyl (C=O) groups is 1. The number of anilines is 1. The van der Waals surface area contributed by atoms with Crippen LogP contribution in [0.4, 0.5) is 5.82 Å². The fourth-order valence-electron chi connectivity index (χ4n) is 2.26. The highest BCUT2D eigenvalue weighted by Crippen LogP contribution is 2.18. The van der Waals surface area contributed by atoms with Crippen LogP contribution in [0.5, 0.6) is 0 Å². The van der Waals surface area contributed by atoms with Gasteiger partial charge < -0.3 is 10.6 Å². The van der Waals surface area contributed by atoms with Crippen molar-refractivity contribution in [1.82, 2.24) is 14.7 Å². The fraction of sp³-hybridized carbons (Fsp3) is 0.412. The Morgan fingerprint density at radius 1 is 1.27 bits per heavy atom. The van der Waals surface area contributed by atoms with Crippen LogP contribution in [-0.2, 0) is 0 Å². The summed E-state index contributed by atoms with van der Waals surface area (Å²) in [7, 11) is 1.79. The first-order valence-electron chi connectivity index (χ1n) is 7.62. The summed E-state index contributed by atoms with van der Waals surface area (Å²) in [6.45, 7) is 6.93. The molecule has 0 fully saturated rings. The van der Waals surface area contributed by atoms with Crippen LogP contribution in [-0.4, -0.2) is 34.2 Å².